The average molecular weight is 279 g/mol. The third-order valence-electron chi connectivity index (χ3n) is 4.97. The normalized spacial score (nSPS) is 32.6. The zero-order valence-electron chi connectivity index (χ0n) is 11.7. The first-order valence-electron chi connectivity index (χ1n) is 7.35. The summed E-state index contributed by atoms with van der Waals surface area (Å²) < 4.78 is 0. The van der Waals surface area contributed by atoms with Gasteiger partial charge in [0.15, 0.2) is 0 Å². The predicted molar refractivity (Wildman–Crippen MR) is 80.8 cm³/mol. The maximum Gasteiger partial charge on any atom is 0.0441 e. The van der Waals surface area contributed by atoms with Crippen molar-refractivity contribution in [3.8, 4) is 0 Å². The van der Waals surface area contributed by atoms with Crippen LogP contribution in [0.25, 0.3) is 0 Å². The minimum absolute atomic E-state index is 0.420. The van der Waals surface area contributed by atoms with Gasteiger partial charge in [-0.25, -0.2) is 0 Å². The highest BCUT2D eigenvalue weighted by Gasteiger charge is 2.44. The number of hydrogen-bond acceptors (Lipinski definition) is 2. The van der Waals surface area contributed by atoms with Crippen molar-refractivity contribution >= 4 is 11.6 Å². The van der Waals surface area contributed by atoms with Gasteiger partial charge in [0, 0.05) is 24.0 Å². The first-order chi connectivity index (χ1) is 9.21. The van der Waals surface area contributed by atoms with E-state index >= 15 is 0 Å². The molecule has 1 spiro atoms. The van der Waals surface area contributed by atoms with E-state index in [0.29, 0.717) is 11.3 Å². The summed E-state index contributed by atoms with van der Waals surface area (Å²) in [6.45, 7) is 4.67. The molecular weight excluding hydrogens is 256 g/mol. The summed E-state index contributed by atoms with van der Waals surface area (Å²) in [5, 5.41) is 4.50. The standard InChI is InChI=1S/C16H23ClN2/c1-19-10-4-7-16(12-19)8-9-18-11-14(16)13-5-2-3-6-15(13)17/h2-3,5-6,14,18H,4,7-12H2,1H3. The topological polar surface area (TPSA) is 15.3 Å². The van der Waals surface area contributed by atoms with Gasteiger partial charge in [-0.1, -0.05) is 29.8 Å². The molecule has 2 heterocycles. The van der Waals surface area contributed by atoms with Crippen molar-refractivity contribution in [2.75, 3.05) is 33.2 Å². The molecule has 0 bridgehead atoms. The summed E-state index contributed by atoms with van der Waals surface area (Å²) in [5.41, 5.74) is 1.76. The Balaban J connectivity index is 1.95. The first kappa shape index (κ1) is 13.4. The van der Waals surface area contributed by atoms with Crippen LogP contribution in [-0.4, -0.2) is 38.1 Å². The van der Waals surface area contributed by atoms with E-state index in [-0.39, 0.29) is 0 Å². The minimum atomic E-state index is 0.420. The summed E-state index contributed by atoms with van der Waals surface area (Å²) in [7, 11) is 2.26. The van der Waals surface area contributed by atoms with Gasteiger partial charge in [0.25, 0.3) is 0 Å². The summed E-state index contributed by atoms with van der Waals surface area (Å²) in [6, 6.07) is 8.40. The lowest BCUT2D eigenvalue weighted by Gasteiger charge is -2.50. The maximum atomic E-state index is 6.46. The number of nitrogens with one attached hydrogen (secondary N) is 1. The second-order valence-corrected chi connectivity index (χ2v) is 6.64. The first-order valence-corrected chi connectivity index (χ1v) is 7.73. The molecule has 3 heteroatoms. The highest BCUT2D eigenvalue weighted by Crippen LogP contribution is 2.48. The van der Waals surface area contributed by atoms with Crippen molar-refractivity contribution in [3.05, 3.63) is 34.9 Å². The largest absolute Gasteiger partial charge is 0.316 e. The van der Waals surface area contributed by atoms with Gasteiger partial charge in [-0.05, 0) is 56.4 Å². The van der Waals surface area contributed by atoms with Crippen LogP contribution in [0.5, 0.6) is 0 Å². The highest BCUT2D eigenvalue weighted by atomic mass is 35.5. The molecule has 104 valence electrons. The summed E-state index contributed by atoms with van der Waals surface area (Å²) in [6.07, 6.45) is 3.93. The van der Waals surface area contributed by atoms with E-state index in [1.807, 2.05) is 12.1 Å². The summed E-state index contributed by atoms with van der Waals surface area (Å²) in [5.74, 6) is 0.553. The zero-order valence-corrected chi connectivity index (χ0v) is 12.4. The molecular formula is C16H23ClN2. The van der Waals surface area contributed by atoms with E-state index in [2.05, 4.69) is 29.4 Å². The number of halogens is 1. The van der Waals surface area contributed by atoms with Gasteiger partial charge in [-0.3, -0.25) is 0 Å². The number of nitrogens with zero attached hydrogens (tertiary/aromatic N) is 1. The number of hydrogen-bond donors (Lipinski definition) is 1. The molecule has 2 saturated heterocycles. The smallest absolute Gasteiger partial charge is 0.0441 e. The molecule has 0 aliphatic carbocycles. The molecule has 1 N–H and O–H groups in total. The van der Waals surface area contributed by atoms with Gasteiger partial charge in [-0.15, -0.1) is 0 Å². The van der Waals surface area contributed by atoms with E-state index in [0.717, 1.165) is 18.1 Å². The van der Waals surface area contributed by atoms with E-state index in [9.17, 15) is 0 Å². The van der Waals surface area contributed by atoms with Crippen molar-refractivity contribution in [1.82, 2.24) is 10.2 Å². The molecule has 1 aromatic rings. The Morgan fingerprint density at radius 3 is 2.95 bits per heavy atom. The Bertz CT molecular complexity index is 444. The Morgan fingerprint density at radius 1 is 1.32 bits per heavy atom. The number of rotatable bonds is 1. The Morgan fingerprint density at radius 2 is 2.16 bits per heavy atom. The van der Waals surface area contributed by atoms with E-state index < -0.39 is 0 Å². The van der Waals surface area contributed by atoms with E-state index in [4.69, 9.17) is 11.6 Å². The van der Waals surface area contributed by atoms with Crippen molar-refractivity contribution in [2.45, 2.75) is 25.2 Å². The van der Waals surface area contributed by atoms with Crippen LogP contribution >= 0.6 is 11.6 Å². The lowest BCUT2D eigenvalue weighted by atomic mass is 9.64. The van der Waals surface area contributed by atoms with Crippen LogP contribution in [-0.2, 0) is 0 Å². The maximum absolute atomic E-state index is 6.46. The fourth-order valence-corrected chi connectivity index (χ4v) is 4.32. The van der Waals surface area contributed by atoms with Gasteiger partial charge < -0.3 is 10.2 Å². The third-order valence-corrected chi connectivity index (χ3v) is 5.31. The molecule has 3 rings (SSSR count). The second kappa shape index (κ2) is 5.43. The van der Waals surface area contributed by atoms with Crippen molar-refractivity contribution in [2.24, 2.45) is 5.41 Å². The quantitative estimate of drug-likeness (QED) is 0.849. The molecule has 2 unspecified atom stereocenters. The molecule has 2 nitrogen and oxygen atoms in total. The van der Waals surface area contributed by atoms with Gasteiger partial charge >= 0.3 is 0 Å². The molecule has 2 atom stereocenters. The fraction of sp³-hybridized carbons (Fsp3) is 0.625. The highest BCUT2D eigenvalue weighted by molar-refractivity contribution is 6.31. The van der Waals surface area contributed by atoms with Crippen LogP contribution in [0, 0.1) is 5.41 Å². The van der Waals surface area contributed by atoms with Crippen LogP contribution < -0.4 is 5.32 Å². The van der Waals surface area contributed by atoms with Gasteiger partial charge in [0.2, 0.25) is 0 Å². The molecule has 0 aromatic heterocycles. The molecule has 2 aliphatic heterocycles. The lowest BCUT2D eigenvalue weighted by molar-refractivity contribution is 0.0541. The monoisotopic (exact) mass is 278 g/mol. The van der Waals surface area contributed by atoms with Crippen molar-refractivity contribution in [3.63, 3.8) is 0 Å². The van der Waals surface area contributed by atoms with Crippen LogP contribution in [0.1, 0.15) is 30.7 Å². The lowest BCUT2D eigenvalue weighted by Crippen LogP contribution is -2.52. The van der Waals surface area contributed by atoms with Crippen LogP contribution in [0.15, 0.2) is 24.3 Å². The SMILES string of the molecule is CN1CCCC2(CCNCC2c2ccccc2Cl)C1. The van der Waals surface area contributed by atoms with E-state index in [1.165, 1.54) is 37.9 Å². The van der Waals surface area contributed by atoms with Gasteiger partial charge in [0.05, 0.1) is 0 Å². The molecule has 19 heavy (non-hydrogen) atoms. The van der Waals surface area contributed by atoms with E-state index in [1.54, 1.807) is 0 Å². The third kappa shape index (κ3) is 2.54. The Kier molecular flexibility index (Phi) is 3.84. The second-order valence-electron chi connectivity index (χ2n) is 6.23. The molecule has 0 amide bonds. The summed E-state index contributed by atoms with van der Waals surface area (Å²) in [4.78, 5) is 2.50. The Labute approximate surface area is 121 Å². The molecule has 2 aliphatic rings. The molecule has 0 radical (unpaired) electrons. The average Bonchev–Trinajstić information content (AvgIpc) is 2.40. The number of benzene rings is 1. The zero-order chi connectivity index (χ0) is 13.3. The van der Waals surface area contributed by atoms with Crippen LogP contribution in [0.3, 0.4) is 0 Å². The number of piperidine rings is 2. The predicted octanol–water partition coefficient (Wildman–Crippen LogP) is 3.13. The molecule has 1 aromatic carbocycles. The van der Waals surface area contributed by atoms with Gasteiger partial charge in [-0.2, -0.15) is 0 Å². The van der Waals surface area contributed by atoms with Gasteiger partial charge in [0.1, 0.15) is 0 Å². The fourth-order valence-electron chi connectivity index (χ4n) is 4.06. The molecule has 0 saturated carbocycles. The molecule has 2 fully saturated rings. The van der Waals surface area contributed by atoms with Crippen LogP contribution in [0.4, 0.5) is 0 Å². The van der Waals surface area contributed by atoms with Crippen molar-refractivity contribution in [1.29, 1.82) is 0 Å². The minimum Gasteiger partial charge on any atom is -0.316 e. The Hall–Kier alpha value is -0.570. The van der Waals surface area contributed by atoms with Crippen molar-refractivity contribution < 1.29 is 0 Å². The summed E-state index contributed by atoms with van der Waals surface area (Å²) >= 11 is 6.46. The number of likely N-dealkylation sites (tertiary alicyclic amines) is 1. The van der Waals surface area contributed by atoms with Crippen LogP contribution in [0.2, 0.25) is 5.02 Å².